The smallest absolute Gasteiger partial charge is 0.271 e. The zero-order valence-corrected chi connectivity index (χ0v) is 19.2. The predicted octanol–water partition coefficient (Wildman–Crippen LogP) is 4.05. The van der Waals surface area contributed by atoms with Gasteiger partial charge in [0.05, 0.1) is 20.4 Å². The number of hydrazone groups is 1. The normalized spacial score (nSPS) is 10.5. The number of nitrogens with zero attached hydrogens (tertiary/aromatic N) is 2. The summed E-state index contributed by atoms with van der Waals surface area (Å²) in [5.74, 6) is 2.09. The molecule has 0 aliphatic carbocycles. The van der Waals surface area contributed by atoms with Gasteiger partial charge in [-0.3, -0.25) is 9.78 Å². The van der Waals surface area contributed by atoms with E-state index in [4.69, 9.17) is 18.9 Å². The summed E-state index contributed by atoms with van der Waals surface area (Å²) in [6.45, 7) is 4.38. The highest BCUT2D eigenvalue weighted by atomic mass is 16.5. The summed E-state index contributed by atoms with van der Waals surface area (Å²) in [6.07, 6.45) is 7.22. The average Bonchev–Trinajstić information content (AvgIpc) is 2.88. The number of hydrogen-bond acceptors (Lipinski definition) is 7. The lowest BCUT2D eigenvalue weighted by atomic mass is 10.1. The Labute approximate surface area is 198 Å². The molecule has 0 saturated carbocycles. The maximum Gasteiger partial charge on any atom is 0.271 e. The number of carbonyl (C=O) groups is 1. The first-order valence-electron chi connectivity index (χ1n) is 10.6. The van der Waals surface area contributed by atoms with Crippen molar-refractivity contribution in [3.63, 3.8) is 0 Å². The maximum atomic E-state index is 12.0. The van der Waals surface area contributed by atoms with Gasteiger partial charge in [0.1, 0.15) is 13.2 Å². The van der Waals surface area contributed by atoms with E-state index in [1.165, 1.54) is 6.21 Å². The molecule has 3 aromatic rings. The van der Waals surface area contributed by atoms with Gasteiger partial charge in [-0.2, -0.15) is 5.10 Å². The van der Waals surface area contributed by atoms with E-state index in [-0.39, 0.29) is 5.91 Å². The molecule has 0 atom stereocenters. The molecule has 176 valence electrons. The van der Waals surface area contributed by atoms with Crippen LogP contribution in [0.2, 0.25) is 0 Å². The molecule has 1 heterocycles. The third kappa shape index (κ3) is 6.83. The van der Waals surface area contributed by atoms with Gasteiger partial charge in [0, 0.05) is 18.0 Å². The Kier molecular flexibility index (Phi) is 9.04. The maximum absolute atomic E-state index is 12.0. The molecule has 34 heavy (non-hydrogen) atoms. The number of methoxy groups -OCH3 is 2. The number of ether oxygens (including phenoxy) is 4. The molecule has 0 radical (unpaired) electrons. The Morgan fingerprint density at radius 1 is 0.941 bits per heavy atom. The lowest BCUT2D eigenvalue weighted by molar-refractivity contribution is 0.0955. The van der Waals surface area contributed by atoms with E-state index < -0.39 is 0 Å². The molecule has 0 spiro atoms. The fourth-order valence-corrected chi connectivity index (χ4v) is 3.05. The van der Waals surface area contributed by atoms with Crippen LogP contribution in [0.25, 0.3) is 0 Å². The van der Waals surface area contributed by atoms with Gasteiger partial charge in [-0.05, 0) is 60.0 Å². The van der Waals surface area contributed by atoms with Gasteiger partial charge in [0.25, 0.3) is 5.91 Å². The van der Waals surface area contributed by atoms with Crippen molar-refractivity contribution in [1.29, 1.82) is 0 Å². The second-order valence-electron chi connectivity index (χ2n) is 7.02. The molecule has 2 aromatic carbocycles. The largest absolute Gasteiger partial charge is 0.493 e. The van der Waals surface area contributed by atoms with Gasteiger partial charge in [-0.1, -0.05) is 12.1 Å². The van der Waals surface area contributed by atoms with E-state index >= 15 is 0 Å². The van der Waals surface area contributed by atoms with E-state index in [1.807, 2.05) is 30.3 Å². The zero-order valence-electron chi connectivity index (χ0n) is 19.2. The summed E-state index contributed by atoms with van der Waals surface area (Å²) in [6, 6.07) is 14.3. The molecule has 1 N–H and O–H groups in total. The van der Waals surface area contributed by atoms with Crippen molar-refractivity contribution in [2.75, 3.05) is 27.4 Å². The van der Waals surface area contributed by atoms with Crippen LogP contribution in [-0.2, 0) is 6.42 Å². The molecule has 0 saturated heterocycles. The molecule has 0 aliphatic rings. The van der Waals surface area contributed by atoms with Crippen molar-refractivity contribution in [1.82, 2.24) is 10.4 Å². The molecule has 0 unspecified atom stereocenters. The van der Waals surface area contributed by atoms with E-state index in [0.717, 1.165) is 17.5 Å². The van der Waals surface area contributed by atoms with E-state index in [0.29, 0.717) is 41.8 Å². The Morgan fingerprint density at radius 2 is 1.59 bits per heavy atom. The number of amides is 1. The molecule has 1 amide bonds. The third-order valence-corrected chi connectivity index (χ3v) is 4.72. The summed E-state index contributed by atoms with van der Waals surface area (Å²) in [7, 11) is 3.16. The second-order valence-corrected chi connectivity index (χ2v) is 7.02. The minimum Gasteiger partial charge on any atom is -0.493 e. The molecule has 8 nitrogen and oxygen atoms in total. The van der Waals surface area contributed by atoms with Crippen molar-refractivity contribution in [3.8, 4) is 23.0 Å². The van der Waals surface area contributed by atoms with E-state index in [2.05, 4.69) is 22.1 Å². The number of benzene rings is 2. The second kappa shape index (κ2) is 12.6. The molecule has 0 aliphatic heterocycles. The van der Waals surface area contributed by atoms with Crippen LogP contribution in [0.4, 0.5) is 0 Å². The molecule has 8 heteroatoms. The Balaban J connectivity index is 1.53. The quantitative estimate of drug-likeness (QED) is 0.189. The van der Waals surface area contributed by atoms with Gasteiger partial charge >= 0.3 is 0 Å². The SMILES string of the molecule is C=CCc1ccc(OCCOc2ccc(/C=N/NC(=O)c3ccncc3)cc2OC)c(OC)c1. The lowest BCUT2D eigenvalue weighted by Crippen LogP contribution is -2.17. The summed E-state index contributed by atoms with van der Waals surface area (Å²) in [5.41, 5.74) is 4.78. The van der Waals surface area contributed by atoms with Crippen LogP contribution in [0.3, 0.4) is 0 Å². The minimum absolute atomic E-state index is 0.309. The number of pyridine rings is 1. The number of nitrogens with one attached hydrogen (secondary N) is 1. The first-order valence-corrected chi connectivity index (χ1v) is 10.6. The van der Waals surface area contributed by atoms with Crippen LogP contribution in [0, 0.1) is 0 Å². The number of hydrogen-bond donors (Lipinski definition) is 1. The first-order chi connectivity index (χ1) is 16.6. The number of aromatic nitrogens is 1. The van der Waals surface area contributed by atoms with Gasteiger partial charge in [-0.15, -0.1) is 6.58 Å². The van der Waals surface area contributed by atoms with Crippen LogP contribution in [0.15, 0.2) is 78.7 Å². The fraction of sp³-hybridized carbons (Fsp3) is 0.192. The molecule has 3 rings (SSSR count). The number of rotatable bonds is 12. The topological polar surface area (TPSA) is 91.3 Å². The van der Waals surface area contributed by atoms with Crippen LogP contribution < -0.4 is 24.4 Å². The Bertz CT molecular complexity index is 1130. The summed E-state index contributed by atoms with van der Waals surface area (Å²) < 4.78 is 22.5. The van der Waals surface area contributed by atoms with E-state index in [9.17, 15) is 4.79 Å². The molecular formula is C26H27N3O5. The first kappa shape index (κ1) is 24.3. The highest BCUT2D eigenvalue weighted by Gasteiger charge is 2.08. The number of carbonyl (C=O) groups excluding carboxylic acids is 1. The molecular weight excluding hydrogens is 434 g/mol. The average molecular weight is 462 g/mol. The molecule has 0 bridgehead atoms. The van der Waals surface area contributed by atoms with Crippen LogP contribution in [0.5, 0.6) is 23.0 Å². The summed E-state index contributed by atoms with van der Waals surface area (Å²) >= 11 is 0. The van der Waals surface area contributed by atoms with Gasteiger partial charge < -0.3 is 18.9 Å². The Hall–Kier alpha value is -4.33. The van der Waals surface area contributed by atoms with Crippen LogP contribution >= 0.6 is 0 Å². The minimum atomic E-state index is -0.322. The van der Waals surface area contributed by atoms with E-state index in [1.54, 1.807) is 50.9 Å². The van der Waals surface area contributed by atoms with Gasteiger partial charge in [-0.25, -0.2) is 5.43 Å². The standard InChI is InChI=1S/C26H27N3O5/c1-4-5-19-6-8-22(24(16-19)31-2)33-14-15-34-23-9-7-20(17-25(23)32-3)18-28-29-26(30)21-10-12-27-13-11-21/h4,6-13,16-18H,1,5,14-15H2,2-3H3,(H,29,30)/b28-18+. The highest BCUT2D eigenvalue weighted by molar-refractivity contribution is 5.94. The predicted molar refractivity (Wildman–Crippen MR) is 130 cm³/mol. The molecule has 1 aromatic heterocycles. The van der Waals surface area contributed by atoms with Crippen LogP contribution in [0.1, 0.15) is 21.5 Å². The van der Waals surface area contributed by atoms with Crippen LogP contribution in [-0.4, -0.2) is 44.5 Å². The summed E-state index contributed by atoms with van der Waals surface area (Å²) in [4.78, 5) is 15.9. The van der Waals surface area contributed by atoms with Crippen molar-refractivity contribution >= 4 is 12.1 Å². The fourth-order valence-electron chi connectivity index (χ4n) is 3.05. The lowest BCUT2D eigenvalue weighted by Gasteiger charge is -2.14. The van der Waals surface area contributed by atoms with Gasteiger partial charge in [0.2, 0.25) is 0 Å². The third-order valence-electron chi connectivity index (χ3n) is 4.72. The number of allylic oxidation sites excluding steroid dienone is 1. The van der Waals surface area contributed by atoms with Crippen molar-refractivity contribution in [2.24, 2.45) is 5.10 Å². The highest BCUT2D eigenvalue weighted by Crippen LogP contribution is 2.29. The van der Waals surface area contributed by atoms with Crippen molar-refractivity contribution < 1.29 is 23.7 Å². The Morgan fingerprint density at radius 3 is 2.24 bits per heavy atom. The van der Waals surface area contributed by atoms with Crippen molar-refractivity contribution in [3.05, 3.63) is 90.3 Å². The summed E-state index contributed by atoms with van der Waals surface area (Å²) in [5, 5.41) is 3.99. The monoisotopic (exact) mass is 461 g/mol. The zero-order chi connectivity index (χ0) is 24.2. The van der Waals surface area contributed by atoms with Crippen molar-refractivity contribution in [2.45, 2.75) is 6.42 Å². The van der Waals surface area contributed by atoms with Gasteiger partial charge in [0.15, 0.2) is 23.0 Å². The molecule has 0 fully saturated rings.